The molecule has 0 spiro atoms. The lowest BCUT2D eigenvalue weighted by Gasteiger charge is -2.34. The molecule has 8 nitrogen and oxygen atoms in total. The van der Waals surface area contributed by atoms with E-state index in [-0.39, 0.29) is 11.8 Å². The molecule has 188 valence electrons. The fourth-order valence-electron chi connectivity index (χ4n) is 4.94. The summed E-state index contributed by atoms with van der Waals surface area (Å²) in [5, 5.41) is 13.0. The third kappa shape index (κ3) is 4.44. The Morgan fingerprint density at radius 1 is 0.946 bits per heavy atom. The summed E-state index contributed by atoms with van der Waals surface area (Å²) in [6, 6.07) is 16.9. The molecule has 0 unspecified atom stereocenters. The molecule has 6 rings (SSSR count). The number of nitrogens with zero attached hydrogens (tertiary/aromatic N) is 4. The molecule has 2 aromatic carbocycles. The van der Waals surface area contributed by atoms with Crippen LogP contribution in [0.1, 0.15) is 13.8 Å². The Bertz CT molecular complexity index is 1590. The fraction of sp³-hybridized carbons (Fsp3) is 0.276. The van der Waals surface area contributed by atoms with Gasteiger partial charge in [-0.05, 0) is 49.0 Å². The lowest BCUT2D eigenvalue weighted by molar-refractivity contribution is -0.118. The van der Waals surface area contributed by atoms with Crippen LogP contribution in [0, 0.1) is 5.92 Å². The molecule has 1 amide bonds. The van der Waals surface area contributed by atoms with Crippen LogP contribution in [-0.4, -0.2) is 64.2 Å². The summed E-state index contributed by atoms with van der Waals surface area (Å²) >= 11 is 0. The number of carbonyl (C=O) groups excluding carboxylic acids is 1. The van der Waals surface area contributed by atoms with Crippen LogP contribution in [-0.2, 0) is 4.79 Å². The van der Waals surface area contributed by atoms with Crippen LogP contribution < -0.4 is 10.2 Å². The van der Waals surface area contributed by atoms with Gasteiger partial charge in [0.2, 0.25) is 5.91 Å². The first-order chi connectivity index (χ1) is 18.0. The molecule has 0 bridgehead atoms. The average Bonchev–Trinajstić information content (AvgIpc) is 3.53. The second kappa shape index (κ2) is 9.37. The van der Waals surface area contributed by atoms with E-state index in [4.69, 9.17) is 0 Å². The van der Waals surface area contributed by atoms with Crippen molar-refractivity contribution in [1.82, 2.24) is 25.1 Å². The lowest BCUT2D eigenvalue weighted by atomic mass is 10.0. The third-order valence-electron chi connectivity index (χ3n) is 7.17. The number of anilines is 2. The highest BCUT2D eigenvalue weighted by Crippen LogP contribution is 2.35. The molecule has 37 heavy (non-hydrogen) atoms. The molecule has 1 fully saturated rings. The molecule has 4 heterocycles. The van der Waals surface area contributed by atoms with E-state index < -0.39 is 0 Å². The van der Waals surface area contributed by atoms with E-state index in [1.54, 1.807) is 6.20 Å². The molecule has 1 aliphatic heterocycles. The van der Waals surface area contributed by atoms with Gasteiger partial charge in [0, 0.05) is 65.8 Å². The van der Waals surface area contributed by atoms with Crippen LogP contribution in [0.4, 0.5) is 11.4 Å². The highest BCUT2D eigenvalue weighted by atomic mass is 16.1. The van der Waals surface area contributed by atoms with Crippen LogP contribution in [0.25, 0.3) is 44.3 Å². The summed E-state index contributed by atoms with van der Waals surface area (Å²) in [5.41, 5.74) is 7.84. The first-order valence-corrected chi connectivity index (χ1v) is 12.8. The summed E-state index contributed by atoms with van der Waals surface area (Å²) in [6.45, 7) is 7.93. The number of carbonyl (C=O) groups is 1. The number of rotatable bonds is 5. The SMILES string of the molecule is CC(C)C(=O)Nc1cncc(-c2ccc3[nH]nc(-c4cc5c(N6CCN(C)CC6)cccc5[nH]4)c3c2)c1. The van der Waals surface area contributed by atoms with Gasteiger partial charge in [0.15, 0.2) is 0 Å². The molecule has 0 saturated carbocycles. The van der Waals surface area contributed by atoms with Crippen molar-refractivity contribution in [3.8, 4) is 22.5 Å². The van der Waals surface area contributed by atoms with Gasteiger partial charge in [-0.2, -0.15) is 5.10 Å². The van der Waals surface area contributed by atoms with E-state index in [1.165, 1.54) is 11.1 Å². The van der Waals surface area contributed by atoms with Gasteiger partial charge in [0.1, 0.15) is 5.69 Å². The maximum Gasteiger partial charge on any atom is 0.226 e. The molecular weight excluding hydrogens is 462 g/mol. The molecular formula is C29H31N7O. The van der Waals surface area contributed by atoms with Gasteiger partial charge in [-0.1, -0.05) is 26.0 Å². The van der Waals surface area contributed by atoms with Gasteiger partial charge in [-0.15, -0.1) is 0 Å². The number of hydrogen-bond donors (Lipinski definition) is 3. The molecule has 3 N–H and O–H groups in total. The number of aromatic nitrogens is 4. The smallest absolute Gasteiger partial charge is 0.226 e. The van der Waals surface area contributed by atoms with Crippen molar-refractivity contribution < 1.29 is 4.79 Å². The first kappa shape index (κ1) is 23.2. The topological polar surface area (TPSA) is 92.9 Å². The Morgan fingerprint density at radius 2 is 1.78 bits per heavy atom. The van der Waals surface area contributed by atoms with E-state index in [9.17, 15) is 4.79 Å². The van der Waals surface area contributed by atoms with E-state index in [2.05, 4.69) is 72.7 Å². The Hall–Kier alpha value is -4.17. The van der Waals surface area contributed by atoms with Crippen molar-refractivity contribution in [3.63, 3.8) is 0 Å². The maximum absolute atomic E-state index is 12.2. The highest BCUT2D eigenvalue weighted by Gasteiger charge is 2.19. The highest BCUT2D eigenvalue weighted by molar-refractivity contribution is 6.01. The first-order valence-electron chi connectivity index (χ1n) is 12.8. The van der Waals surface area contributed by atoms with E-state index in [0.29, 0.717) is 5.69 Å². The number of fused-ring (bicyclic) bond motifs is 2. The minimum Gasteiger partial charge on any atom is -0.368 e. The molecule has 1 aliphatic rings. The van der Waals surface area contributed by atoms with E-state index in [1.807, 2.05) is 38.2 Å². The minimum atomic E-state index is -0.0958. The number of aromatic amines is 2. The monoisotopic (exact) mass is 493 g/mol. The van der Waals surface area contributed by atoms with Crippen molar-refractivity contribution in [2.75, 3.05) is 43.4 Å². The second-order valence-electron chi connectivity index (χ2n) is 10.2. The van der Waals surface area contributed by atoms with Crippen molar-refractivity contribution >= 4 is 39.1 Å². The van der Waals surface area contributed by atoms with Gasteiger partial charge in [0.05, 0.1) is 23.1 Å². The Balaban J connectivity index is 1.36. The summed E-state index contributed by atoms with van der Waals surface area (Å²) in [6.07, 6.45) is 3.49. The zero-order valence-electron chi connectivity index (χ0n) is 21.4. The Kier molecular flexibility index (Phi) is 5.88. The molecule has 0 aliphatic carbocycles. The van der Waals surface area contributed by atoms with Crippen molar-refractivity contribution in [2.45, 2.75) is 13.8 Å². The van der Waals surface area contributed by atoms with Gasteiger partial charge in [-0.3, -0.25) is 14.9 Å². The lowest BCUT2D eigenvalue weighted by Crippen LogP contribution is -2.44. The van der Waals surface area contributed by atoms with Gasteiger partial charge >= 0.3 is 0 Å². The largest absolute Gasteiger partial charge is 0.368 e. The van der Waals surface area contributed by atoms with Crippen LogP contribution in [0.2, 0.25) is 0 Å². The van der Waals surface area contributed by atoms with Gasteiger partial charge in [-0.25, -0.2) is 0 Å². The fourth-order valence-corrected chi connectivity index (χ4v) is 4.94. The van der Waals surface area contributed by atoms with Gasteiger partial charge in [0.25, 0.3) is 0 Å². The summed E-state index contributed by atoms with van der Waals surface area (Å²) in [7, 11) is 2.18. The minimum absolute atomic E-state index is 0.0266. The van der Waals surface area contributed by atoms with Crippen molar-refractivity contribution in [3.05, 3.63) is 60.9 Å². The van der Waals surface area contributed by atoms with E-state index >= 15 is 0 Å². The summed E-state index contributed by atoms with van der Waals surface area (Å²) in [5.74, 6) is -0.122. The normalized spacial score (nSPS) is 14.6. The number of pyridine rings is 1. The van der Waals surface area contributed by atoms with Gasteiger partial charge < -0.3 is 20.1 Å². The molecule has 3 aromatic heterocycles. The quantitative estimate of drug-likeness (QED) is 0.316. The number of H-pyrrole nitrogens is 2. The van der Waals surface area contributed by atoms with Crippen LogP contribution in [0.5, 0.6) is 0 Å². The Morgan fingerprint density at radius 3 is 2.59 bits per heavy atom. The number of benzene rings is 2. The summed E-state index contributed by atoms with van der Waals surface area (Å²) in [4.78, 5) is 25.0. The van der Waals surface area contributed by atoms with Crippen LogP contribution in [0.15, 0.2) is 60.9 Å². The second-order valence-corrected chi connectivity index (χ2v) is 10.2. The maximum atomic E-state index is 12.2. The van der Waals surface area contributed by atoms with Crippen molar-refractivity contribution in [2.24, 2.45) is 5.92 Å². The van der Waals surface area contributed by atoms with Crippen molar-refractivity contribution in [1.29, 1.82) is 0 Å². The molecule has 1 saturated heterocycles. The summed E-state index contributed by atoms with van der Waals surface area (Å²) < 4.78 is 0. The molecule has 0 radical (unpaired) electrons. The molecule has 8 heteroatoms. The molecule has 5 aromatic rings. The number of nitrogens with one attached hydrogen (secondary N) is 3. The zero-order chi connectivity index (χ0) is 25.5. The Labute approximate surface area is 215 Å². The zero-order valence-corrected chi connectivity index (χ0v) is 21.4. The van der Waals surface area contributed by atoms with Crippen LogP contribution in [0.3, 0.4) is 0 Å². The number of amides is 1. The number of hydrogen-bond acceptors (Lipinski definition) is 5. The predicted molar refractivity (Wildman–Crippen MR) is 150 cm³/mol. The third-order valence-corrected chi connectivity index (χ3v) is 7.17. The number of likely N-dealkylation sites (N-methyl/N-ethyl adjacent to an activating group) is 1. The predicted octanol–water partition coefficient (Wildman–Crippen LogP) is 5.12. The van der Waals surface area contributed by atoms with E-state index in [0.717, 1.165) is 65.1 Å². The number of piperazine rings is 1. The standard InChI is InChI=1S/C29H31N7O/c1-18(2)29(37)31-21-13-20(16-30-17-21)19-7-8-25-23(14-19)28(34-33-25)26-15-22-24(32-26)5-4-6-27(22)36-11-9-35(3)10-12-36/h4-8,13-18,32H,9-12H2,1-3H3,(H,31,37)(H,33,34). The molecule has 0 atom stereocenters. The van der Waals surface area contributed by atoms with Crippen LogP contribution >= 0.6 is 0 Å². The average molecular weight is 494 g/mol.